The summed E-state index contributed by atoms with van der Waals surface area (Å²) in [6.07, 6.45) is 1.71. The summed E-state index contributed by atoms with van der Waals surface area (Å²) in [5.74, 6) is -0.0392. The zero-order chi connectivity index (χ0) is 18.7. The van der Waals surface area contributed by atoms with Crippen LogP contribution in [-0.2, 0) is 4.79 Å². The van der Waals surface area contributed by atoms with Crippen molar-refractivity contribution >= 4 is 40.2 Å². The van der Waals surface area contributed by atoms with Gasteiger partial charge in [0.1, 0.15) is 10.8 Å². The lowest BCUT2D eigenvalue weighted by Gasteiger charge is -2.18. The first kappa shape index (κ1) is 18.6. The van der Waals surface area contributed by atoms with Crippen LogP contribution in [0.3, 0.4) is 0 Å². The fourth-order valence-electron chi connectivity index (χ4n) is 2.10. The van der Waals surface area contributed by atoms with Crippen molar-refractivity contribution in [2.75, 3.05) is 13.2 Å². The number of hydrogen-bond donors (Lipinski definition) is 3. The molecule has 1 aliphatic heterocycles. The van der Waals surface area contributed by atoms with Gasteiger partial charge in [-0.15, -0.1) is 11.3 Å². The number of phenolic OH excluding ortho intramolecular Hbond substituents is 1. The number of nitrogens with zero attached hydrogens (tertiary/aromatic N) is 2. The molecular weight excluding hydrogens is 370 g/mol. The number of rotatable bonds is 5. The lowest BCUT2D eigenvalue weighted by atomic mass is 9.95. The Balaban J connectivity index is 1.76. The molecule has 0 spiro atoms. The van der Waals surface area contributed by atoms with E-state index >= 15 is 0 Å². The predicted octanol–water partition coefficient (Wildman–Crippen LogP) is 3.09. The largest absolute Gasteiger partial charge is 0.507 e. The monoisotopic (exact) mass is 389 g/mol. The van der Waals surface area contributed by atoms with E-state index in [0.29, 0.717) is 32.9 Å². The van der Waals surface area contributed by atoms with E-state index in [9.17, 15) is 15.0 Å². The summed E-state index contributed by atoms with van der Waals surface area (Å²) in [5.41, 5.74) is 0.994. The third-order valence-electron chi connectivity index (χ3n) is 3.66. The minimum Gasteiger partial charge on any atom is -0.507 e. The number of nitrogens with one attached hydrogen (secondary N) is 1. The number of aromatic hydroxyl groups is 1. The first-order chi connectivity index (χ1) is 12.4. The number of aliphatic hydroxyl groups is 1. The Hall–Kier alpha value is -2.16. The summed E-state index contributed by atoms with van der Waals surface area (Å²) >= 11 is 2.66. The molecule has 8 heteroatoms. The summed E-state index contributed by atoms with van der Waals surface area (Å²) in [7, 11) is 0. The summed E-state index contributed by atoms with van der Waals surface area (Å²) < 4.78 is 0. The van der Waals surface area contributed by atoms with Gasteiger partial charge >= 0.3 is 0 Å². The molecule has 1 saturated heterocycles. The molecular formula is C18H19N3O3S2. The van der Waals surface area contributed by atoms with Crippen molar-refractivity contribution in [3.63, 3.8) is 0 Å². The van der Waals surface area contributed by atoms with Crippen LogP contribution in [0, 0.1) is 5.41 Å². The molecule has 2 heterocycles. The van der Waals surface area contributed by atoms with E-state index in [-0.39, 0.29) is 23.7 Å². The van der Waals surface area contributed by atoms with Crippen LogP contribution in [-0.4, -0.2) is 39.4 Å². The molecule has 0 atom stereocenters. The van der Waals surface area contributed by atoms with Crippen molar-refractivity contribution in [3.05, 3.63) is 40.2 Å². The Morgan fingerprint density at radius 3 is 2.85 bits per heavy atom. The van der Waals surface area contributed by atoms with Gasteiger partial charge in [-0.05, 0) is 30.0 Å². The number of carbonyl (C=O) groups is 1. The van der Waals surface area contributed by atoms with E-state index < -0.39 is 0 Å². The maximum absolute atomic E-state index is 12.1. The first-order valence-electron chi connectivity index (χ1n) is 7.98. The summed E-state index contributed by atoms with van der Waals surface area (Å²) in [5, 5.41) is 25.0. The van der Waals surface area contributed by atoms with Crippen LogP contribution in [0.25, 0.3) is 16.6 Å². The third kappa shape index (κ3) is 4.32. The molecule has 0 saturated carbocycles. The number of thiazole rings is 1. The van der Waals surface area contributed by atoms with E-state index in [4.69, 9.17) is 0 Å². The van der Waals surface area contributed by atoms with Crippen molar-refractivity contribution in [1.82, 2.24) is 10.3 Å². The smallest absolute Gasteiger partial charge is 0.264 e. The zero-order valence-electron chi connectivity index (χ0n) is 14.4. The van der Waals surface area contributed by atoms with Crippen molar-refractivity contribution in [2.24, 2.45) is 10.4 Å². The van der Waals surface area contributed by atoms with Gasteiger partial charge in [0.2, 0.25) is 0 Å². The van der Waals surface area contributed by atoms with E-state index in [0.717, 1.165) is 0 Å². The average molecular weight is 390 g/mol. The number of aromatic nitrogens is 1. The fraction of sp³-hybridized carbons (Fsp3) is 0.278. The molecule has 3 rings (SSSR count). The summed E-state index contributed by atoms with van der Waals surface area (Å²) in [4.78, 5) is 21.5. The second-order valence-electron chi connectivity index (χ2n) is 6.60. The average Bonchev–Trinajstić information content (AvgIpc) is 3.21. The van der Waals surface area contributed by atoms with Crippen LogP contribution < -0.4 is 5.32 Å². The quantitative estimate of drug-likeness (QED) is 0.683. The van der Waals surface area contributed by atoms with Crippen molar-refractivity contribution in [1.29, 1.82) is 0 Å². The van der Waals surface area contributed by atoms with Gasteiger partial charge in [-0.3, -0.25) is 9.79 Å². The molecule has 3 N–H and O–H groups in total. The summed E-state index contributed by atoms with van der Waals surface area (Å²) in [6, 6.07) is 7.01. The van der Waals surface area contributed by atoms with Gasteiger partial charge in [0.05, 0.1) is 16.2 Å². The van der Waals surface area contributed by atoms with Gasteiger partial charge in [-0.25, -0.2) is 4.98 Å². The third-order valence-corrected chi connectivity index (χ3v) is 5.51. The number of aliphatic hydroxyl groups excluding tert-OH is 1. The molecule has 1 aromatic heterocycles. The van der Waals surface area contributed by atoms with Crippen LogP contribution >= 0.6 is 23.1 Å². The highest BCUT2D eigenvalue weighted by Gasteiger charge is 2.25. The normalized spacial score (nSPS) is 17.9. The van der Waals surface area contributed by atoms with Gasteiger partial charge in [-0.2, -0.15) is 0 Å². The van der Waals surface area contributed by atoms with E-state index in [1.165, 1.54) is 23.1 Å². The molecule has 1 aromatic carbocycles. The van der Waals surface area contributed by atoms with E-state index in [1.807, 2.05) is 25.3 Å². The number of hydrogen-bond acceptors (Lipinski definition) is 7. The molecule has 0 unspecified atom stereocenters. The van der Waals surface area contributed by atoms with E-state index in [2.05, 4.69) is 15.3 Å². The van der Waals surface area contributed by atoms with Gasteiger partial charge in [-0.1, -0.05) is 26.0 Å². The lowest BCUT2D eigenvalue weighted by Crippen LogP contribution is -2.24. The van der Waals surface area contributed by atoms with Gasteiger partial charge in [0, 0.05) is 23.9 Å². The first-order valence-corrected chi connectivity index (χ1v) is 9.68. The van der Waals surface area contributed by atoms with Gasteiger partial charge in [0.15, 0.2) is 5.17 Å². The Bertz CT molecular complexity index is 887. The number of amides is 1. The van der Waals surface area contributed by atoms with Crippen LogP contribution in [0.2, 0.25) is 0 Å². The standard InChI is InChI=1S/C18H19N3O3S2/c1-18(2,10-22)9-19-17-21-15(24)14(26-17)7-11-8-25-16(20-11)12-5-3-4-6-13(12)23/h3-8,22-23H,9-10H2,1-2H3,(H,19,21,24)/b14-7-. The highest BCUT2D eigenvalue weighted by Crippen LogP contribution is 2.33. The number of carbonyl (C=O) groups excluding carboxylic acids is 1. The fourth-order valence-corrected chi connectivity index (χ4v) is 3.72. The molecule has 136 valence electrons. The molecule has 2 aromatic rings. The SMILES string of the molecule is CC(C)(CO)CN=C1NC(=O)/C(=C/c2csc(-c3ccccc3O)n2)S1. The van der Waals surface area contributed by atoms with Crippen LogP contribution in [0.1, 0.15) is 19.5 Å². The van der Waals surface area contributed by atoms with Crippen LogP contribution in [0.4, 0.5) is 0 Å². The second kappa shape index (κ2) is 7.61. The Kier molecular flexibility index (Phi) is 5.45. The summed E-state index contributed by atoms with van der Waals surface area (Å²) in [6.45, 7) is 4.27. The number of phenols is 1. The minimum atomic E-state index is -0.327. The molecule has 1 fully saturated rings. The highest BCUT2D eigenvalue weighted by atomic mass is 32.2. The van der Waals surface area contributed by atoms with Crippen LogP contribution in [0.15, 0.2) is 39.5 Å². The number of benzene rings is 1. The molecule has 26 heavy (non-hydrogen) atoms. The Morgan fingerprint density at radius 2 is 2.12 bits per heavy atom. The topological polar surface area (TPSA) is 94.8 Å². The van der Waals surface area contributed by atoms with Crippen molar-refractivity contribution in [2.45, 2.75) is 13.8 Å². The van der Waals surface area contributed by atoms with Gasteiger partial charge < -0.3 is 15.5 Å². The maximum Gasteiger partial charge on any atom is 0.264 e. The van der Waals surface area contributed by atoms with Crippen LogP contribution in [0.5, 0.6) is 5.75 Å². The molecule has 1 aliphatic rings. The number of thioether (sulfide) groups is 1. The van der Waals surface area contributed by atoms with Gasteiger partial charge in [0.25, 0.3) is 5.91 Å². The molecule has 1 amide bonds. The Labute approximate surface area is 159 Å². The molecule has 0 radical (unpaired) electrons. The maximum atomic E-state index is 12.1. The lowest BCUT2D eigenvalue weighted by molar-refractivity contribution is -0.115. The number of amidine groups is 1. The van der Waals surface area contributed by atoms with Crippen molar-refractivity contribution < 1.29 is 15.0 Å². The highest BCUT2D eigenvalue weighted by molar-refractivity contribution is 8.18. The zero-order valence-corrected chi connectivity index (χ0v) is 16.0. The predicted molar refractivity (Wildman–Crippen MR) is 106 cm³/mol. The minimum absolute atomic E-state index is 0.0268. The van der Waals surface area contributed by atoms with E-state index in [1.54, 1.807) is 24.3 Å². The van der Waals surface area contributed by atoms with Crippen molar-refractivity contribution in [3.8, 4) is 16.3 Å². The Morgan fingerprint density at radius 1 is 1.35 bits per heavy atom. The molecule has 6 nitrogen and oxygen atoms in total. The number of para-hydroxylation sites is 1. The second-order valence-corrected chi connectivity index (χ2v) is 8.49. The molecule has 0 aliphatic carbocycles. The number of aliphatic imine (C=N–C) groups is 1. The molecule has 0 bridgehead atoms.